The van der Waals surface area contributed by atoms with Crippen molar-refractivity contribution in [2.24, 2.45) is 0 Å². The second-order valence-electron chi connectivity index (χ2n) is 6.74. The topological polar surface area (TPSA) is 37.4 Å². The molecule has 23 heavy (non-hydrogen) atoms. The van der Waals surface area contributed by atoms with Gasteiger partial charge in [0.25, 0.3) is 0 Å². The molecular weight excluding hydrogens is 286 g/mol. The molecule has 1 rings (SSSR count). The smallest absolute Gasteiger partial charge is 0.223 e. The normalized spacial score (nSPS) is 18.8. The van der Waals surface area contributed by atoms with Crippen LogP contribution in [0.1, 0.15) is 90.9 Å². The number of likely N-dealkylation sites (tertiary alicyclic amines) is 1. The fourth-order valence-corrected chi connectivity index (χ4v) is 3.17. The molecule has 1 atom stereocenters. The lowest BCUT2D eigenvalue weighted by molar-refractivity contribution is -0.135. The zero-order valence-electron chi connectivity index (χ0n) is 15.2. The molecule has 3 nitrogen and oxygen atoms in total. The van der Waals surface area contributed by atoms with Crippen molar-refractivity contribution >= 4 is 11.7 Å². The quantitative estimate of drug-likeness (QED) is 0.373. The number of nitrogens with zero attached hydrogens (tertiary/aromatic N) is 1. The number of unbranched alkanes of at least 4 members (excludes halogenated alkanes) is 6. The second-order valence-corrected chi connectivity index (χ2v) is 6.74. The molecule has 0 N–H and O–H groups in total. The number of carbonyl (C=O) groups excluding carboxylic acids is 2. The number of amides is 1. The summed E-state index contributed by atoms with van der Waals surface area (Å²) >= 11 is 0. The van der Waals surface area contributed by atoms with E-state index in [1.165, 1.54) is 25.7 Å². The van der Waals surface area contributed by atoms with Crippen molar-refractivity contribution in [2.45, 2.75) is 96.9 Å². The van der Waals surface area contributed by atoms with Gasteiger partial charge in [0.1, 0.15) is 0 Å². The predicted octanol–water partition coefficient (Wildman–Crippen LogP) is 5.04. The maximum Gasteiger partial charge on any atom is 0.223 e. The van der Waals surface area contributed by atoms with E-state index in [0.29, 0.717) is 12.8 Å². The maximum absolute atomic E-state index is 12.2. The van der Waals surface area contributed by atoms with Gasteiger partial charge >= 0.3 is 0 Å². The molecule has 0 radical (unpaired) electrons. The molecular formula is C20H35NO2. The lowest BCUT2D eigenvalue weighted by Crippen LogP contribution is -2.43. The van der Waals surface area contributed by atoms with Crippen molar-refractivity contribution < 1.29 is 9.59 Å². The van der Waals surface area contributed by atoms with Gasteiger partial charge in [0.2, 0.25) is 5.91 Å². The Morgan fingerprint density at radius 1 is 1.09 bits per heavy atom. The number of allylic oxidation sites excluding steroid dienone is 1. The van der Waals surface area contributed by atoms with Gasteiger partial charge in [-0.1, -0.05) is 58.4 Å². The Hall–Kier alpha value is -1.12. The highest BCUT2D eigenvalue weighted by Gasteiger charge is 2.25. The molecule has 0 aliphatic carbocycles. The third kappa shape index (κ3) is 8.34. The summed E-state index contributed by atoms with van der Waals surface area (Å²) in [6.45, 7) is 5.21. The van der Waals surface area contributed by atoms with Gasteiger partial charge in [-0.2, -0.15) is 0 Å². The van der Waals surface area contributed by atoms with Gasteiger partial charge in [0.15, 0.2) is 5.78 Å². The molecule has 0 aromatic rings. The summed E-state index contributed by atoms with van der Waals surface area (Å²) in [7, 11) is 0. The van der Waals surface area contributed by atoms with Gasteiger partial charge in [-0.25, -0.2) is 0 Å². The zero-order chi connectivity index (χ0) is 16.9. The Morgan fingerprint density at radius 3 is 2.52 bits per heavy atom. The number of rotatable bonds is 12. The average molecular weight is 322 g/mol. The molecule has 1 fully saturated rings. The maximum atomic E-state index is 12.2. The summed E-state index contributed by atoms with van der Waals surface area (Å²) in [4.78, 5) is 26.1. The average Bonchev–Trinajstić information content (AvgIpc) is 2.54. The monoisotopic (exact) mass is 321 g/mol. The molecule has 1 aliphatic rings. The first-order valence-electron chi connectivity index (χ1n) is 9.69. The number of piperidine rings is 1. The van der Waals surface area contributed by atoms with Crippen LogP contribution in [0, 0.1) is 0 Å². The van der Waals surface area contributed by atoms with E-state index in [0.717, 1.165) is 45.1 Å². The minimum atomic E-state index is 0.137. The highest BCUT2D eigenvalue weighted by Crippen LogP contribution is 2.20. The molecule has 1 heterocycles. The van der Waals surface area contributed by atoms with Gasteiger partial charge in [0.05, 0.1) is 6.04 Å². The standard InChI is InChI=1S/C20H35NO2/c1-3-5-7-8-10-17-21-18(12-11-14-20(21)23)15-16-19(22)13-9-6-4-2/h15-16,18H,3-14,17H2,1-2H3/b16-15+. The van der Waals surface area contributed by atoms with Crippen molar-refractivity contribution in [2.75, 3.05) is 6.54 Å². The van der Waals surface area contributed by atoms with Gasteiger partial charge in [-0.05, 0) is 31.8 Å². The molecule has 1 saturated heterocycles. The molecule has 0 saturated carbocycles. The SMILES string of the molecule is CCCCCCCN1C(=O)CCCC1/C=C/C(=O)CCCCC. The van der Waals surface area contributed by atoms with E-state index < -0.39 is 0 Å². The van der Waals surface area contributed by atoms with Crippen LogP contribution in [0.15, 0.2) is 12.2 Å². The second kappa shape index (κ2) is 12.3. The number of hydrogen-bond donors (Lipinski definition) is 0. The Labute approximate surface area is 142 Å². The first kappa shape index (κ1) is 19.9. The van der Waals surface area contributed by atoms with E-state index in [-0.39, 0.29) is 17.7 Å². The lowest BCUT2D eigenvalue weighted by atomic mass is 9.99. The van der Waals surface area contributed by atoms with Crippen LogP contribution in [0.4, 0.5) is 0 Å². The minimum absolute atomic E-state index is 0.137. The van der Waals surface area contributed by atoms with Crippen LogP contribution in [-0.2, 0) is 9.59 Å². The summed E-state index contributed by atoms with van der Waals surface area (Å²) in [6, 6.07) is 0.137. The number of hydrogen-bond acceptors (Lipinski definition) is 2. The summed E-state index contributed by atoms with van der Waals surface area (Å²) in [5, 5.41) is 0. The highest BCUT2D eigenvalue weighted by atomic mass is 16.2. The minimum Gasteiger partial charge on any atom is -0.336 e. The molecule has 1 amide bonds. The Bertz CT molecular complexity index is 376. The molecule has 0 aromatic carbocycles. The Morgan fingerprint density at radius 2 is 1.78 bits per heavy atom. The van der Waals surface area contributed by atoms with Crippen LogP contribution in [0.25, 0.3) is 0 Å². The van der Waals surface area contributed by atoms with E-state index >= 15 is 0 Å². The van der Waals surface area contributed by atoms with Crippen molar-refractivity contribution in [3.63, 3.8) is 0 Å². The van der Waals surface area contributed by atoms with Crippen LogP contribution in [0.5, 0.6) is 0 Å². The third-order valence-corrected chi connectivity index (χ3v) is 4.64. The molecule has 0 aromatic heterocycles. The van der Waals surface area contributed by atoms with E-state index in [1.807, 2.05) is 11.0 Å². The summed E-state index contributed by atoms with van der Waals surface area (Å²) < 4.78 is 0. The zero-order valence-corrected chi connectivity index (χ0v) is 15.2. The molecule has 0 spiro atoms. The van der Waals surface area contributed by atoms with Crippen molar-refractivity contribution in [1.29, 1.82) is 0 Å². The van der Waals surface area contributed by atoms with Crippen LogP contribution in [0.2, 0.25) is 0 Å². The van der Waals surface area contributed by atoms with E-state index in [2.05, 4.69) is 13.8 Å². The lowest BCUT2D eigenvalue weighted by Gasteiger charge is -2.34. The van der Waals surface area contributed by atoms with Crippen LogP contribution >= 0.6 is 0 Å². The largest absolute Gasteiger partial charge is 0.336 e. The van der Waals surface area contributed by atoms with E-state index in [1.54, 1.807) is 6.08 Å². The van der Waals surface area contributed by atoms with Gasteiger partial charge in [-0.3, -0.25) is 9.59 Å². The van der Waals surface area contributed by atoms with Crippen molar-refractivity contribution in [3.8, 4) is 0 Å². The van der Waals surface area contributed by atoms with Crippen molar-refractivity contribution in [1.82, 2.24) is 4.90 Å². The molecule has 0 bridgehead atoms. The van der Waals surface area contributed by atoms with Crippen LogP contribution in [0.3, 0.4) is 0 Å². The van der Waals surface area contributed by atoms with Crippen LogP contribution < -0.4 is 0 Å². The fraction of sp³-hybridized carbons (Fsp3) is 0.800. The molecule has 1 aliphatic heterocycles. The number of carbonyl (C=O) groups is 2. The first-order valence-corrected chi connectivity index (χ1v) is 9.69. The fourth-order valence-electron chi connectivity index (χ4n) is 3.17. The van der Waals surface area contributed by atoms with Gasteiger partial charge in [-0.15, -0.1) is 0 Å². The predicted molar refractivity (Wildman–Crippen MR) is 96.4 cm³/mol. The molecule has 1 unspecified atom stereocenters. The van der Waals surface area contributed by atoms with Crippen LogP contribution in [-0.4, -0.2) is 29.2 Å². The summed E-state index contributed by atoms with van der Waals surface area (Å²) in [6.07, 6.45) is 16.3. The number of ketones is 1. The Balaban J connectivity index is 2.42. The molecule has 132 valence electrons. The van der Waals surface area contributed by atoms with Gasteiger partial charge in [0, 0.05) is 19.4 Å². The molecule has 3 heteroatoms. The van der Waals surface area contributed by atoms with Gasteiger partial charge < -0.3 is 4.90 Å². The first-order chi connectivity index (χ1) is 11.2. The third-order valence-electron chi connectivity index (χ3n) is 4.64. The highest BCUT2D eigenvalue weighted by molar-refractivity contribution is 5.89. The summed E-state index contributed by atoms with van der Waals surface area (Å²) in [5.41, 5.74) is 0. The van der Waals surface area contributed by atoms with E-state index in [9.17, 15) is 9.59 Å². The summed E-state index contributed by atoms with van der Waals surface area (Å²) in [5.74, 6) is 0.471. The Kier molecular flexibility index (Phi) is 10.7. The van der Waals surface area contributed by atoms with E-state index in [4.69, 9.17) is 0 Å². The van der Waals surface area contributed by atoms with Crippen molar-refractivity contribution in [3.05, 3.63) is 12.2 Å².